The molecule has 1 aliphatic rings. The molecule has 6 nitrogen and oxygen atoms in total. The Morgan fingerprint density at radius 3 is 2.55 bits per heavy atom. The third-order valence-corrected chi connectivity index (χ3v) is 5.76. The summed E-state index contributed by atoms with van der Waals surface area (Å²) < 4.78 is 0. The minimum Gasteiger partial charge on any atom is -0.356 e. The molecule has 2 aromatic rings. The fourth-order valence-corrected chi connectivity index (χ4v) is 3.92. The van der Waals surface area contributed by atoms with Crippen LogP contribution in [0, 0.1) is 0 Å². The first-order valence-corrected chi connectivity index (χ1v) is 10.7. The fourth-order valence-electron chi connectivity index (χ4n) is 3.13. The lowest BCUT2D eigenvalue weighted by molar-refractivity contribution is 0.312. The fraction of sp³-hybridized carbons (Fsp3) is 0.429. The van der Waals surface area contributed by atoms with Crippen LogP contribution < -0.4 is 15.5 Å². The van der Waals surface area contributed by atoms with E-state index in [1.807, 2.05) is 37.1 Å². The zero-order valence-electron chi connectivity index (χ0n) is 17.2. The van der Waals surface area contributed by atoms with Crippen molar-refractivity contribution in [3.8, 4) is 0 Å². The Morgan fingerprint density at radius 2 is 1.83 bits per heavy atom. The number of halogens is 1. The van der Waals surface area contributed by atoms with Gasteiger partial charge in [-0.25, -0.2) is 4.98 Å². The molecule has 1 aliphatic heterocycles. The number of aliphatic imine (C=N–C) groups is 1. The molecule has 158 valence electrons. The molecule has 1 fully saturated rings. The van der Waals surface area contributed by atoms with Crippen LogP contribution >= 0.6 is 35.7 Å². The minimum atomic E-state index is 0. The van der Waals surface area contributed by atoms with Crippen molar-refractivity contribution >= 4 is 47.5 Å². The van der Waals surface area contributed by atoms with Gasteiger partial charge in [-0.05, 0) is 25.2 Å². The summed E-state index contributed by atoms with van der Waals surface area (Å²) in [6, 6.07) is 14.6. The number of benzene rings is 1. The maximum atomic E-state index is 4.64. The van der Waals surface area contributed by atoms with Crippen LogP contribution in [0.1, 0.15) is 5.56 Å². The van der Waals surface area contributed by atoms with Gasteiger partial charge >= 0.3 is 0 Å². The molecule has 0 atom stereocenters. The molecule has 0 unspecified atom stereocenters. The van der Waals surface area contributed by atoms with Gasteiger partial charge in [-0.3, -0.25) is 4.99 Å². The number of piperazine rings is 1. The van der Waals surface area contributed by atoms with E-state index in [4.69, 9.17) is 0 Å². The normalized spacial score (nSPS) is 15.0. The van der Waals surface area contributed by atoms with E-state index in [1.54, 1.807) is 0 Å². The van der Waals surface area contributed by atoms with Gasteiger partial charge in [0.15, 0.2) is 5.96 Å². The number of pyridine rings is 1. The van der Waals surface area contributed by atoms with E-state index in [9.17, 15) is 0 Å². The van der Waals surface area contributed by atoms with Crippen LogP contribution in [0.2, 0.25) is 0 Å². The van der Waals surface area contributed by atoms with Crippen molar-refractivity contribution in [2.45, 2.75) is 11.4 Å². The number of nitrogens with zero attached hydrogens (tertiary/aromatic N) is 4. The van der Waals surface area contributed by atoms with E-state index >= 15 is 0 Å². The number of thioether (sulfide) groups is 1. The van der Waals surface area contributed by atoms with Crippen molar-refractivity contribution in [2.75, 3.05) is 57.5 Å². The van der Waals surface area contributed by atoms with Gasteiger partial charge in [0.05, 0.1) is 0 Å². The second kappa shape index (κ2) is 12.9. The number of guanidine groups is 1. The lowest BCUT2D eigenvalue weighted by Gasteiger charge is -2.34. The Bertz CT molecular complexity index is 750. The molecule has 29 heavy (non-hydrogen) atoms. The second-order valence-corrected chi connectivity index (χ2v) is 7.96. The smallest absolute Gasteiger partial charge is 0.191 e. The van der Waals surface area contributed by atoms with E-state index in [0.717, 1.165) is 50.3 Å². The second-order valence-electron chi connectivity index (χ2n) is 6.79. The molecule has 2 N–H and O–H groups in total. The summed E-state index contributed by atoms with van der Waals surface area (Å²) in [4.78, 5) is 15.0. The van der Waals surface area contributed by atoms with Crippen molar-refractivity contribution in [1.29, 1.82) is 0 Å². The average Bonchev–Trinajstić information content (AvgIpc) is 2.75. The Balaban J connectivity index is 0.00000300. The first-order valence-electron chi connectivity index (χ1n) is 9.76. The third-order valence-electron chi connectivity index (χ3n) is 4.75. The summed E-state index contributed by atoms with van der Waals surface area (Å²) in [6.07, 6.45) is 1.88. The predicted molar refractivity (Wildman–Crippen MR) is 135 cm³/mol. The predicted octanol–water partition coefficient (Wildman–Crippen LogP) is 2.91. The van der Waals surface area contributed by atoms with Crippen LogP contribution in [-0.4, -0.2) is 68.4 Å². The van der Waals surface area contributed by atoms with Crippen LogP contribution in [0.3, 0.4) is 0 Å². The van der Waals surface area contributed by atoms with Gasteiger partial charge in [0, 0.05) is 68.7 Å². The van der Waals surface area contributed by atoms with Gasteiger partial charge in [0.2, 0.25) is 0 Å². The lowest BCUT2D eigenvalue weighted by atomic mass is 10.2. The van der Waals surface area contributed by atoms with E-state index in [-0.39, 0.29) is 24.0 Å². The highest BCUT2D eigenvalue weighted by molar-refractivity contribution is 14.0. The SMILES string of the molecule is CN=C(NCCSc1ccccc1)NCc1cccnc1N1CCN(C)CC1.I. The van der Waals surface area contributed by atoms with Crippen LogP contribution in [0.5, 0.6) is 0 Å². The van der Waals surface area contributed by atoms with Crippen molar-refractivity contribution in [2.24, 2.45) is 4.99 Å². The number of anilines is 1. The van der Waals surface area contributed by atoms with Gasteiger partial charge in [-0.1, -0.05) is 24.3 Å². The standard InChI is InChI=1S/C21H30N6S.HI/c1-22-21(24-11-16-28-19-8-4-3-5-9-19)25-17-18-7-6-10-23-20(18)27-14-12-26(2)13-15-27;/h3-10H,11-17H2,1-2H3,(H2,22,24,25);1H. The van der Waals surface area contributed by atoms with Crippen molar-refractivity contribution < 1.29 is 0 Å². The molecular formula is C21H31IN6S. The number of hydrogen-bond acceptors (Lipinski definition) is 5. The van der Waals surface area contributed by atoms with Gasteiger partial charge in [-0.2, -0.15) is 0 Å². The first kappa shape index (κ1) is 23.8. The Kier molecular flexibility index (Phi) is 10.6. The summed E-state index contributed by atoms with van der Waals surface area (Å²) in [5, 5.41) is 6.82. The quantitative estimate of drug-likeness (QED) is 0.190. The van der Waals surface area contributed by atoms with Gasteiger partial charge in [0.25, 0.3) is 0 Å². The van der Waals surface area contributed by atoms with Gasteiger partial charge < -0.3 is 20.4 Å². The summed E-state index contributed by atoms with van der Waals surface area (Å²) in [5.74, 6) is 2.89. The van der Waals surface area contributed by atoms with E-state index in [0.29, 0.717) is 6.54 Å². The molecule has 0 spiro atoms. The lowest BCUT2D eigenvalue weighted by Crippen LogP contribution is -2.45. The minimum absolute atomic E-state index is 0. The molecule has 1 aromatic carbocycles. The van der Waals surface area contributed by atoms with Crippen molar-refractivity contribution in [1.82, 2.24) is 20.5 Å². The number of hydrogen-bond donors (Lipinski definition) is 2. The summed E-state index contributed by atoms with van der Waals surface area (Å²) in [7, 11) is 3.98. The van der Waals surface area contributed by atoms with Gasteiger partial charge in [-0.15, -0.1) is 35.7 Å². The number of nitrogens with one attached hydrogen (secondary N) is 2. The molecule has 3 rings (SSSR count). The zero-order chi connectivity index (χ0) is 19.6. The molecule has 0 radical (unpaired) electrons. The molecule has 1 saturated heterocycles. The molecule has 2 heterocycles. The van der Waals surface area contributed by atoms with Crippen LogP contribution in [-0.2, 0) is 6.54 Å². The molecular weight excluding hydrogens is 495 g/mol. The first-order chi connectivity index (χ1) is 13.8. The Labute approximate surface area is 195 Å². The van der Waals surface area contributed by atoms with Crippen LogP contribution in [0.25, 0.3) is 0 Å². The zero-order valence-corrected chi connectivity index (χ0v) is 20.3. The number of likely N-dealkylation sites (N-methyl/N-ethyl adjacent to an activating group) is 1. The Hall–Kier alpha value is -1.52. The van der Waals surface area contributed by atoms with Crippen LogP contribution in [0.4, 0.5) is 5.82 Å². The molecule has 0 bridgehead atoms. The number of aromatic nitrogens is 1. The maximum absolute atomic E-state index is 4.64. The highest BCUT2D eigenvalue weighted by Crippen LogP contribution is 2.18. The van der Waals surface area contributed by atoms with Gasteiger partial charge in [0.1, 0.15) is 5.82 Å². The summed E-state index contributed by atoms with van der Waals surface area (Å²) in [5.41, 5.74) is 1.20. The van der Waals surface area contributed by atoms with Crippen molar-refractivity contribution in [3.05, 3.63) is 54.2 Å². The average molecular weight is 526 g/mol. The topological polar surface area (TPSA) is 55.8 Å². The van der Waals surface area contributed by atoms with Crippen molar-refractivity contribution in [3.63, 3.8) is 0 Å². The maximum Gasteiger partial charge on any atom is 0.191 e. The highest BCUT2D eigenvalue weighted by Gasteiger charge is 2.17. The molecule has 0 saturated carbocycles. The summed E-state index contributed by atoms with van der Waals surface area (Å²) in [6.45, 7) is 5.75. The highest BCUT2D eigenvalue weighted by atomic mass is 127. The third kappa shape index (κ3) is 7.67. The monoisotopic (exact) mass is 526 g/mol. The van der Waals surface area contributed by atoms with E-state index in [2.05, 4.69) is 67.8 Å². The van der Waals surface area contributed by atoms with Crippen LogP contribution in [0.15, 0.2) is 58.5 Å². The summed E-state index contributed by atoms with van der Waals surface area (Å²) >= 11 is 1.84. The Morgan fingerprint density at radius 1 is 1.07 bits per heavy atom. The largest absolute Gasteiger partial charge is 0.356 e. The molecule has 8 heteroatoms. The number of rotatable bonds is 7. The van der Waals surface area contributed by atoms with E-state index < -0.39 is 0 Å². The van der Waals surface area contributed by atoms with E-state index in [1.165, 1.54) is 10.5 Å². The molecule has 0 aliphatic carbocycles. The molecule has 1 aromatic heterocycles. The molecule has 0 amide bonds.